The second kappa shape index (κ2) is 12.2. The maximum absolute atomic E-state index is 13.1. The molecular weight excluding hydrogens is 346 g/mol. The number of carbonyl (C=O) groups is 1. The first-order valence-corrected chi connectivity index (χ1v) is 9.31. The molecule has 0 saturated carbocycles. The van der Waals surface area contributed by atoms with Crippen molar-refractivity contribution < 1.29 is 13.6 Å². The highest BCUT2D eigenvalue weighted by Gasteiger charge is 2.14. The summed E-state index contributed by atoms with van der Waals surface area (Å²) >= 11 is 0. The van der Waals surface area contributed by atoms with Gasteiger partial charge in [0.1, 0.15) is 11.6 Å². The number of hydrogen-bond donors (Lipinski definition) is 2. The third kappa shape index (κ3) is 9.29. The lowest BCUT2D eigenvalue weighted by Crippen LogP contribution is -2.31. The maximum Gasteiger partial charge on any atom is 0.233 e. The van der Waals surface area contributed by atoms with Crippen molar-refractivity contribution in [1.82, 2.24) is 5.32 Å². The highest BCUT2D eigenvalue weighted by Crippen LogP contribution is 2.29. The lowest BCUT2D eigenvalue weighted by atomic mass is 9.87. The van der Waals surface area contributed by atoms with Crippen molar-refractivity contribution in [1.29, 1.82) is 0 Å². The van der Waals surface area contributed by atoms with Gasteiger partial charge in [-0.1, -0.05) is 45.0 Å². The molecule has 5 heteroatoms. The summed E-state index contributed by atoms with van der Waals surface area (Å²) in [7, 11) is 0. The molecule has 1 amide bonds. The maximum atomic E-state index is 13.1. The van der Waals surface area contributed by atoms with Crippen LogP contribution in [0.1, 0.15) is 50.7 Å². The number of carbonyl (C=O) groups excluding carboxylic acids is 1. The van der Waals surface area contributed by atoms with Crippen LogP contribution >= 0.6 is 0 Å². The van der Waals surface area contributed by atoms with E-state index >= 15 is 0 Å². The summed E-state index contributed by atoms with van der Waals surface area (Å²) in [6, 6.07) is 12.6. The standard InChI is InChI=1S/C18H20F2N2O.C4H10/c19-15-7-3-13(4-8-15)17(2-1-11-22-18(23)12-21)14-5-9-16(20)10-6-14;1-4(2)3/h3-10,17H,1-2,11-12,21H2,(H,22,23);4H,1-3H3. The molecule has 27 heavy (non-hydrogen) atoms. The Bertz CT molecular complexity index is 621. The molecule has 2 aromatic carbocycles. The van der Waals surface area contributed by atoms with Crippen LogP contribution in [0.15, 0.2) is 48.5 Å². The Morgan fingerprint density at radius 2 is 1.33 bits per heavy atom. The molecule has 0 saturated heterocycles. The summed E-state index contributed by atoms with van der Waals surface area (Å²) in [5, 5.41) is 2.72. The van der Waals surface area contributed by atoms with Crippen molar-refractivity contribution in [2.75, 3.05) is 13.1 Å². The molecule has 0 unspecified atom stereocenters. The molecule has 0 heterocycles. The van der Waals surface area contributed by atoms with Gasteiger partial charge in [-0.15, -0.1) is 0 Å². The van der Waals surface area contributed by atoms with Crippen LogP contribution in [0.4, 0.5) is 8.78 Å². The molecule has 0 atom stereocenters. The lowest BCUT2D eigenvalue weighted by molar-refractivity contribution is -0.119. The van der Waals surface area contributed by atoms with Crippen LogP contribution in [-0.2, 0) is 4.79 Å². The largest absolute Gasteiger partial charge is 0.355 e. The van der Waals surface area contributed by atoms with Gasteiger partial charge >= 0.3 is 0 Å². The average molecular weight is 376 g/mol. The van der Waals surface area contributed by atoms with E-state index in [0.717, 1.165) is 29.9 Å². The van der Waals surface area contributed by atoms with Crippen LogP contribution in [0.3, 0.4) is 0 Å². The van der Waals surface area contributed by atoms with Gasteiger partial charge in [0.05, 0.1) is 6.54 Å². The Labute approximate surface area is 161 Å². The number of nitrogens with two attached hydrogens (primary N) is 1. The van der Waals surface area contributed by atoms with Crippen molar-refractivity contribution in [3.05, 3.63) is 71.3 Å². The van der Waals surface area contributed by atoms with Gasteiger partial charge in [-0.2, -0.15) is 0 Å². The molecule has 0 radical (unpaired) electrons. The van der Waals surface area contributed by atoms with E-state index in [-0.39, 0.29) is 30.0 Å². The smallest absolute Gasteiger partial charge is 0.233 e. The minimum Gasteiger partial charge on any atom is -0.355 e. The number of amides is 1. The molecule has 0 aliphatic carbocycles. The number of halogens is 2. The first-order chi connectivity index (χ1) is 12.8. The Balaban J connectivity index is 0.000000828. The fourth-order valence-corrected chi connectivity index (χ4v) is 2.52. The summed E-state index contributed by atoms with van der Waals surface area (Å²) in [6.45, 7) is 6.99. The monoisotopic (exact) mass is 376 g/mol. The SMILES string of the molecule is CC(C)C.NCC(=O)NCCCC(c1ccc(F)cc1)c1ccc(F)cc1. The first-order valence-electron chi connectivity index (χ1n) is 9.31. The molecule has 3 N–H and O–H groups in total. The lowest BCUT2D eigenvalue weighted by Gasteiger charge is -2.18. The summed E-state index contributed by atoms with van der Waals surface area (Å²) in [5.74, 6) is 0.0831. The molecule has 0 fully saturated rings. The van der Waals surface area contributed by atoms with Crippen LogP contribution in [0, 0.1) is 17.6 Å². The van der Waals surface area contributed by atoms with Crippen LogP contribution < -0.4 is 11.1 Å². The van der Waals surface area contributed by atoms with Crippen LogP contribution in [0.5, 0.6) is 0 Å². The van der Waals surface area contributed by atoms with Gasteiger partial charge in [0.15, 0.2) is 0 Å². The van der Waals surface area contributed by atoms with Gasteiger partial charge in [0, 0.05) is 12.5 Å². The number of hydrogen-bond acceptors (Lipinski definition) is 2. The minimum absolute atomic E-state index is 0.0194. The Kier molecular flexibility index (Phi) is 10.3. The van der Waals surface area contributed by atoms with Crippen molar-refractivity contribution in [3.63, 3.8) is 0 Å². The predicted molar refractivity (Wildman–Crippen MR) is 106 cm³/mol. The normalized spacial score (nSPS) is 10.5. The quantitative estimate of drug-likeness (QED) is 0.693. The van der Waals surface area contributed by atoms with Crippen molar-refractivity contribution >= 4 is 5.91 Å². The molecule has 2 rings (SSSR count). The topological polar surface area (TPSA) is 55.1 Å². The molecule has 2 aromatic rings. The molecule has 0 spiro atoms. The van der Waals surface area contributed by atoms with Gasteiger partial charge in [-0.05, 0) is 54.2 Å². The first kappa shape index (κ1) is 22.8. The minimum atomic E-state index is -0.290. The summed E-state index contributed by atoms with van der Waals surface area (Å²) in [6.07, 6.45) is 1.49. The Morgan fingerprint density at radius 3 is 1.70 bits per heavy atom. The highest BCUT2D eigenvalue weighted by atomic mass is 19.1. The molecular formula is C22H30F2N2O. The van der Waals surface area contributed by atoms with Crippen LogP contribution in [-0.4, -0.2) is 19.0 Å². The fraction of sp³-hybridized carbons (Fsp3) is 0.409. The zero-order chi connectivity index (χ0) is 20.2. The third-order valence-corrected chi connectivity index (χ3v) is 3.72. The highest BCUT2D eigenvalue weighted by molar-refractivity contribution is 5.77. The molecule has 0 aliphatic heterocycles. The van der Waals surface area contributed by atoms with E-state index in [0.29, 0.717) is 6.54 Å². The Morgan fingerprint density at radius 1 is 0.926 bits per heavy atom. The molecule has 0 bridgehead atoms. The van der Waals surface area contributed by atoms with Gasteiger partial charge in [0.25, 0.3) is 0 Å². The van der Waals surface area contributed by atoms with Gasteiger partial charge < -0.3 is 11.1 Å². The van der Waals surface area contributed by atoms with E-state index in [9.17, 15) is 13.6 Å². The Hall–Kier alpha value is -2.27. The van der Waals surface area contributed by atoms with Crippen LogP contribution in [0.2, 0.25) is 0 Å². The zero-order valence-electron chi connectivity index (χ0n) is 16.3. The van der Waals surface area contributed by atoms with E-state index in [1.807, 2.05) is 0 Å². The fourth-order valence-electron chi connectivity index (χ4n) is 2.52. The number of benzene rings is 2. The second-order valence-electron chi connectivity index (χ2n) is 7.08. The van der Waals surface area contributed by atoms with E-state index in [2.05, 4.69) is 26.1 Å². The van der Waals surface area contributed by atoms with E-state index < -0.39 is 0 Å². The van der Waals surface area contributed by atoms with Crippen molar-refractivity contribution in [2.24, 2.45) is 11.7 Å². The second-order valence-corrected chi connectivity index (χ2v) is 7.08. The molecule has 0 aromatic heterocycles. The number of rotatable bonds is 7. The van der Waals surface area contributed by atoms with Crippen molar-refractivity contribution in [2.45, 2.75) is 39.5 Å². The third-order valence-electron chi connectivity index (χ3n) is 3.72. The van der Waals surface area contributed by atoms with E-state index in [1.165, 1.54) is 24.3 Å². The van der Waals surface area contributed by atoms with Gasteiger partial charge in [-0.25, -0.2) is 8.78 Å². The number of nitrogens with one attached hydrogen (secondary N) is 1. The zero-order valence-corrected chi connectivity index (χ0v) is 16.3. The average Bonchev–Trinajstić information content (AvgIpc) is 2.63. The summed E-state index contributed by atoms with van der Waals surface area (Å²) in [4.78, 5) is 11.2. The van der Waals surface area contributed by atoms with Gasteiger partial charge in [-0.3, -0.25) is 4.79 Å². The summed E-state index contributed by atoms with van der Waals surface area (Å²) < 4.78 is 26.3. The molecule has 3 nitrogen and oxygen atoms in total. The predicted octanol–water partition coefficient (Wildman–Crippen LogP) is 4.61. The van der Waals surface area contributed by atoms with Crippen LogP contribution in [0.25, 0.3) is 0 Å². The van der Waals surface area contributed by atoms with E-state index in [1.54, 1.807) is 24.3 Å². The van der Waals surface area contributed by atoms with Gasteiger partial charge in [0.2, 0.25) is 5.91 Å². The summed E-state index contributed by atoms with van der Waals surface area (Å²) in [5.41, 5.74) is 7.16. The molecule has 0 aliphatic rings. The van der Waals surface area contributed by atoms with E-state index in [4.69, 9.17) is 5.73 Å². The molecule has 148 valence electrons. The van der Waals surface area contributed by atoms with Crippen molar-refractivity contribution in [3.8, 4) is 0 Å².